The molecule has 2 aromatic rings. The Morgan fingerprint density at radius 3 is 2.56 bits per heavy atom. The number of carbonyl (C=O) groups excluding carboxylic acids is 1. The summed E-state index contributed by atoms with van der Waals surface area (Å²) in [5.74, 6) is -1.80. The summed E-state index contributed by atoms with van der Waals surface area (Å²) in [4.78, 5) is 27.2. The van der Waals surface area contributed by atoms with E-state index in [-0.39, 0.29) is 17.5 Å². The smallest absolute Gasteiger partial charge is 0.312 e. The fourth-order valence-corrected chi connectivity index (χ4v) is 4.98. The van der Waals surface area contributed by atoms with Gasteiger partial charge in [-0.25, -0.2) is 4.39 Å². The Balaban J connectivity index is 1.71. The molecule has 4 rings (SSSR count). The maximum Gasteiger partial charge on any atom is 0.312 e. The van der Waals surface area contributed by atoms with Crippen molar-refractivity contribution in [1.29, 1.82) is 0 Å². The van der Waals surface area contributed by atoms with Gasteiger partial charge in [-0.1, -0.05) is 42.5 Å². The SMILES string of the molecule is Cc1cccc(F)c1C(=O)N1[C@H]2CC[C@@H]1[C@](Cc1ccccc1)(C(=O)O)C2. The van der Waals surface area contributed by atoms with Crippen molar-refractivity contribution in [3.05, 3.63) is 71.0 Å². The number of carbonyl (C=O) groups is 2. The van der Waals surface area contributed by atoms with Crippen LogP contribution in [0.15, 0.2) is 48.5 Å². The number of halogens is 1. The van der Waals surface area contributed by atoms with Gasteiger partial charge in [-0.15, -0.1) is 0 Å². The number of hydrogen-bond acceptors (Lipinski definition) is 2. The van der Waals surface area contributed by atoms with E-state index >= 15 is 0 Å². The molecule has 0 spiro atoms. The molecule has 2 aliphatic heterocycles. The molecular formula is C22H22FNO3. The fraction of sp³-hybridized carbons (Fsp3) is 0.364. The number of nitrogens with zero attached hydrogens (tertiary/aromatic N) is 1. The third-order valence-electron chi connectivity index (χ3n) is 6.20. The largest absolute Gasteiger partial charge is 0.481 e. The Hall–Kier alpha value is -2.69. The molecule has 2 saturated heterocycles. The van der Waals surface area contributed by atoms with Gasteiger partial charge in [-0.05, 0) is 49.8 Å². The minimum Gasteiger partial charge on any atom is -0.481 e. The molecule has 3 atom stereocenters. The molecule has 0 saturated carbocycles. The second-order valence-corrected chi connectivity index (χ2v) is 7.72. The highest BCUT2D eigenvalue weighted by molar-refractivity contribution is 5.97. The van der Waals surface area contributed by atoms with Crippen LogP contribution in [0.3, 0.4) is 0 Å². The van der Waals surface area contributed by atoms with Gasteiger partial charge in [0.1, 0.15) is 5.82 Å². The van der Waals surface area contributed by atoms with Crippen molar-refractivity contribution < 1.29 is 19.1 Å². The molecule has 0 aromatic heterocycles. The van der Waals surface area contributed by atoms with Gasteiger partial charge in [-0.3, -0.25) is 9.59 Å². The topological polar surface area (TPSA) is 57.6 Å². The lowest BCUT2D eigenvalue weighted by Crippen LogP contribution is -2.46. The number of aliphatic carboxylic acids is 1. The monoisotopic (exact) mass is 367 g/mol. The summed E-state index contributed by atoms with van der Waals surface area (Å²) in [5.41, 5.74) is 0.575. The number of carboxylic acids is 1. The third-order valence-corrected chi connectivity index (χ3v) is 6.20. The molecular weight excluding hydrogens is 345 g/mol. The molecule has 2 aliphatic rings. The van der Waals surface area contributed by atoms with E-state index < -0.39 is 23.2 Å². The van der Waals surface area contributed by atoms with Gasteiger partial charge >= 0.3 is 5.97 Å². The highest BCUT2D eigenvalue weighted by Gasteiger charge is 2.61. The van der Waals surface area contributed by atoms with Crippen LogP contribution in [0, 0.1) is 18.2 Å². The molecule has 4 nitrogen and oxygen atoms in total. The van der Waals surface area contributed by atoms with Crippen LogP contribution in [0.4, 0.5) is 4.39 Å². The molecule has 0 aliphatic carbocycles. The van der Waals surface area contributed by atoms with Crippen LogP contribution < -0.4 is 0 Å². The molecule has 27 heavy (non-hydrogen) atoms. The molecule has 2 bridgehead atoms. The molecule has 2 fully saturated rings. The zero-order valence-corrected chi connectivity index (χ0v) is 15.2. The summed E-state index contributed by atoms with van der Waals surface area (Å²) in [6, 6.07) is 13.5. The van der Waals surface area contributed by atoms with Gasteiger partial charge in [-0.2, -0.15) is 0 Å². The first kappa shape index (κ1) is 17.7. The summed E-state index contributed by atoms with van der Waals surface area (Å²) in [6.45, 7) is 1.71. The first-order chi connectivity index (χ1) is 12.9. The van der Waals surface area contributed by atoms with Crippen molar-refractivity contribution in [2.75, 3.05) is 0 Å². The van der Waals surface area contributed by atoms with E-state index in [4.69, 9.17) is 0 Å². The number of aryl methyl sites for hydroxylation is 1. The molecule has 140 valence electrons. The molecule has 0 radical (unpaired) electrons. The first-order valence-electron chi connectivity index (χ1n) is 9.29. The number of amides is 1. The summed E-state index contributed by atoms with van der Waals surface area (Å²) in [6.07, 6.45) is 2.21. The minimum absolute atomic E-state index is 0.0651. The third kappa shape index (κ3) is 2.73. The zero-order valence-electron chi connectivity index (χ0n) is 15.2. The fourth-order valence-electron chi connectivity index (χ4n) is 4.98. The van der Waals surface area contributed by atoms with Crippen molar-refractivity contribution in [3.63, 3.8) is 0 Å². The average molecular weight is 367 g/mol. The van der Waals surface area contributed by atoms with E-state index in [1.54, 1.807) is 24.0 Å². The summed E-state index contributed by atoms with van der Waals surface area (Å²) >= 11 is 0. The Morgan fingerprint density at radius 1 is 1.15 bits per heavy atom. The molecule has 1 amide bonds. The molecule has 0 unspecified atom stereocenters. The Labute approximate surface area is 157 Å². The van der Waals surface area contributed by atoms with Crippen LogP contribution in [0.5, 0.6) is 0 Å². The predicted octanol–water partition coefficient (Wildman–Crippen LogP) is 3.82. The van der Waals surface area contributed by atoms with E-state index in [0.717, 1.165) is 12.0 Å². The quantitative estimate of drug-likeness (QED) is 0.894. The standard InChI is InChI=1S/C22H22FNO3/c1-14-6-5-9-17(23)19(14)20(25)24-16-10-11-18(24)22(13-16,21(26)27)12-15-7-3-2-4-8-15/h2-9,16,18H,10-13H2,1H3,(H,26,27)/t16-,18+,22+/m0/s1. The van der Waals surface area contributed by atoms with Gasteiger partial charge in [0.2, 0.25) is 0 Å². The second kappa shape index (κ2) is 6.48. The van der Waals surface area contributed by atoms with Crippen molar-refractivity contribution in [1.82, 2.24) is 4.90 Å². The highest BCUT2D eigenvalue weighted by Crippen LogP contribution is 2.52. The molecule has 2 heterocycles. The number of benzene rings is 2. The predicted molar refractivity (Wildman–Crippen MR) is 98.9 cm³/mol. The highest BCUT2D eigenvalue weighted by atomic mass is 19.1. The van der Waals surface area contributed by atoms with Crippen LogP contribution in [0.1, 0.15) is 40.7 Å². The van der Waals surface area contributed by atoms with E-state index in [2.05, 4.69) is 0 Å². The minimum atomic E-state index is -1.01. The lowest BCUT2D eigenvalue weighted by atomic mass is 9.70. The van der Waals surface area contributed by atoms with Crippen LogP contribution >= 0.6 is 0 Å². The molecule has 2 aromatic carbocycles. The summed E-state index contributed by atoms with van der Waals surface area (Å²) in [5, 5.41) is 10.1. The van der Waals surface area contributed by atoms with Crippen molar-refractivity contribution in [2.45, 2.75) is 44.7 Å². The van der Waals surface area contributed by atoms with E-state index in [1.165, 1.54) is 6.07 Å². The first-order valence-corrected chi connectivity index (χ1v) is 9.29. The number of hydrogen-bond donors (Lipinski definition) is 1. The Kier molecular flexibility index (Phi) is 4.25. The number of fused-ring (bicyclic) bond motifs is 2. The van der Waals surface area contributed by atoms with Gasteiger partial charge in [0.25, 0.3) is 5.91 Å². The average Bonchev–Trinajstić information content (AvgIpc) is 3.18. The van der Waals surface area contributed by atoms with Gasteiger partial charge in [0.05, 0.1) is 11.0 Å². The van der Waals surface area contributed by atoms with Crippen molar-refractivity contribution in [3.8, 4) is 0 Å². The maximum atomic E-state index is 14.4. The Morgan fingerprint density at radius 2 is 1.89 bits per heavy atom. The van der Waals surface area contributed by atoms with Crippen molar-refractivity contribution in [2.24, 2.45) is 5.41 Å². The van der Waals surface area contributed by atoms with E-state index in [0.29, 0.717) is 24.8 Å². The van der Waals surface area contributed by atoms with Crippen LogP contribution in [-0.4, -0.2) is 34.0 Å². The maximum absolute atomic E-state index is 14.4. The van der Waals surface area contributed by atoms with E-state index in [9.17, 15) is 19.1 Å². The Bertz CT molecular complexity index is 877. The van der Waals surface area contributed by atoms with Gasteiger partial charge < -0.3 is 10.0 Å². The zero-order chi connectivity index (χ0) is 19.2. The van der Waals surface area contributed by atoms with Crippen molar-refractivity contribution >= 4 is 11.9 Å². The number of carboxylic acid groups (broad SMARTS) is 1. The summed E-state index contributed by atoms with van der Waals surface area (Å²) < 4.78 is 14.4. The van der Waals surface area contributed by atoms with Gasteiger partial charge in [0, 0.05) is 12.1 Å². The van der Waals surface area contributed by atoms with Gasteiger partial charge in [0.15, 0.2) is 0 Å². The number of rotatable bonds is 4. The summed E-state index contributed by atoms with van der Waals surface area (Å²) in [7, 11) is 0. The lowest BCUT2D eigenvalue weighted by molar-refractivity contribution is -0.150. The molecule has 5 heteroatoms. The van der Waals surface area contributed by atoms with Crippen LogP contribution in [0.2, 0.25) is 0 Å². The molecule has 1 N–H and O–H groups in total. The van der Waals surface area contributed by atoms with Crippen LogP contribution in [0.25, 0.3) is 0 Å². The normalized spacial score (nSPS) is 26.4. The second-order valence-electron chi connectivity index (χ2n) is 7.72. The van der Waals surface area contributed by atoms with E-state index in [1.807, 2.05) is 30.3 Å². The van der Waals surface area contributed by atoms with Crippen LogP contribution in [-0.2, 0) is 11.2 Å². The lowest BCUT2D eigenvalue weighted by Gasteiger charge is -2.33.